The molecule has 0 saturated heterocycles. The first-order chi connectivity index (χ1) is 4.70. The molecule has 0 rings (SSSR count). The third-order valence-electron chi connectivity index (χ3n) is 1.36. The fourth-order valence-electron chi connectivity index (χ4n) is 0.796. The van der Waals surface area contributed by atoms with Gasteiger partial charge in [-0.1, -0.05) is 11.2 Å². The number of nitrogens with one attached hydrogen (secondary N) is 1. The monoisotopic (exact) mass is 164 g/mol. The van der Waals surface area contributed by atoms with Crippen molar-refractivity contribution >= 4 is 11.2 Å². The predicted molar refractivity (Wildman–Crippen MR) is 45.5 cm³/mol. The third kappa shape index (κ3) is 5.05. The minimum Gasteiger partial charge on any atom is -0.617 e. The smallest absolute Gasteiger partial charge is 0.120 e. The normalized spacial score (nSPS) is 16.8. The van der Waals surface area contributed by atoms with Crippen molar-refractivity contribution in [3.05, 3.63) is 0 Å². The maximum Gasteiger partial charge on any atom is 0.120 e. The summed E-state index contributed by atoms with van der Waals surface area (Å²) in [5.74, 6) is 0.702. The van der Waals surface area contributed by atoms with Gasteiger partial charge in [-0.3, -0.25) is 0 Å². The van der Waals surface area contributed by atoms with E-state index in [1.165, 1.54) is 0 Å². The van der Waals surface area contributed by atoms with Gasteiger partial charge in [0.1, 0.15) is 5.75 Å². The number of hydrogen-bond donors (Lipinski definition) is 2. The lowest BCUT2D eigenvalue weighted by Crippen LogP contribution is -2.34. The molecule has 0 heterocycles. The average Bonchev–Trinajstić information content (AvgIpc) is 1.86. The molecule has 4 heteroatoms. The molecule has 0 radical (unpaired) electrons. The molecule has 0 saturated carbocycles. The van der Waals surface area contributed by atoms with Crippen molar-refractivity contribution in [1.82, 2.24) is 5.32 Å². The van der Waals surface area contributed by atoms with Crippen LogP contribution in [-0.4, -0.2) is 36.2 Å². The van der Waals surface area contributed by atoms with E-state index in [0.29, 0.717) is 18.3 Å². The maximum atomic E-state index is 10.7. The van der Waals surface area contributed by atoms with Gasteiger partial charge in [-0.05, 0) is 20.0 Å². The Hall–Kier alpha value is 0.230. The molecule has 3 N–H and O–H groups in total. The first kappa shape index (κ1) is 10.2. The largest absolute Gasteiger partial charge is 0.617 e. The van der Waals surface area contributed by atoms with Crippen molar-refractivity contribution in [2.75, 3.05) is 25.6 Å². The van der Waals surface area contributed by atoms with Crippen LogP contribution in [0.1, 0.15) is 6.42 Å². The molecular weight excluding hydrogens is 148 g/mol. The summed E-state index contributed by atoms with van der Waals surface area (Å²) < 4.78 is 10.7. The van der Waals surface area contributed by atoms with Gasteiger partial charge in [-0.25, -0.2) is 0 Å². The second-order valence-electron chi connectivity index (χ2n) is 2.30. The van der Waals surface area contributed by atoms with Gasteiger partial charge in [0.05, 0.1) is 12.3 Å². The van der Waals surface area contributed by atoms with Crippen LogP contribution in [0.15, 0.2) is 0 Å². The van der Waals surface area contributed by atoms with Gasteiger partial charge in [-0.15, -0.1) is 0 Å². The number of rotatable bonds is 5. The number of nitrogens with two attached hydrogens (primary N) is 1. The van der Waals surface area contributed by atoms with Gasteiger partial charge >= 0.3 is 0 Å². The van der Waals surface area contributed by atoms with E-state index in [2.05, 4.69) is 5.32 Å². The molecule has 0 amide bonds. The van der Waals surface area contributed by atoms with E-state index in [1.54, 1.807) is 6.26 Å². The average molecular weight is 164 g/mol. The lowest BCUT2D eigenvalue weighted by Gasteiger charge is -2.14. The van der Waals surface area contributed by atoms with Gasteiger partial charge < -0.3 is 15.6 Å². The fourth-order valence-corrected chi connectivity index (χ4v) is 1.70. The van der Waals surface area contributed by atoms with Crippen molar-refractivity contribution in [2.45, 2.75) is 12.5 Å². The summed E-state index contributed by atoms with van der Waals surface area (Å²) in [5.41, 5.74) is 5.34. The maximum absolute atomic E-state index is 10.7. The topological polar surface area (TPSA) is 61.1 Å². The van der Waals surface area contributed by atoms with Crippen molar-refractivity contribution in [3.63, 3.8) is 0 Å². The van der Waals surface area contributed by atoms with Crippen molar-refractivity contribution in [3.8, 4) is 0 Å². The Bertz CT molecular complexity index is 80.1. The molecule has 0 aromatic heterocycles. The van der Waals surface area contributed by atoms with E-state index >= 15 is 0 Å². The van der Waals surface area contributed by atoms with E-state index < -0.39 is 11.2 Å². The zero-order valence-electron chi connectivity index (χ0n) is 6.59. The minimum absolute atomic E-state index is 0.316. The molecule has 0 aliphatic heterocycles. The predicted octanol–water partition coefficient (Wildman–Crippen LogP) is -0.698. The molecule has 0 aromatic carbocycles. The van der Waals surface area contributed by atoms with Crippen LogP contribution in [-0.2, 0) is 11.2 Å². The van der Waals surface area contributed by atoms with Gasteiger partial charge in [0.15, 0.2) is 0 Å². The standard InChI is InChI=1S/C6H16N2OS/c1-8-6(3-4-7)5-10(2)9/h6,8H,3-5,7H2,1-2H3/t6-,10?/m0/s1. The van der Waals surface area contributed by atoms with Crippen molar-refractivity contribution < 1.29 is 4.55 Å². The Labute approximate surface area is 65.5 Å². The Morgan fingerprint density at radius 1 is 1.70 bits per heavy atom. The van der Waals surface area contributed by atoms with E-state index in [4.69, 9.17) is 5.73 Å². The lowest BCUT2D eigenvalue weighted by atomic mass is 10.2. The van der Waals surface area contributed by atoms with Crippen LogP contribution in [0, 0.1) is 0 Å². The molecule has 62 valence electrons. The summed E-state index contributed by atoms with van der Waals surface area (Å²) in [7, 11) is 1.87. The highest BCUT2D eigenvalue weighted by molar-refractivity contribution is 7.90. The van der Waals surface area contributed by atoms with Gasteiger partial charge in [0, 0.05) is 0 Å². The molecule has 0 fully saturated rings. The Kier molecular flexibility index (Phi) is 6.11. The lowest BCUT2D eigenvalue weighted by molar-refractivity contribution is 0.548. The Morgan fingerprint density at radius 3 is 2.60 bits per heavy atom. The SMILES string of the molecule is CN[C@@H](CCN)C[S+](C)[O-]. The van der Waals surface area contributed by atoms with Crippen LogP contribution in [0.5, 0.6) is 0 Å². The minimum atomic E-state index is -0.715. The molecular formula is C6H16N2OS. The molecule has 0 bridgehead atoms. The first-order valence-corrected chi connectivity index (χ1v) is 5.10. The first-order valence-electron chi connectivity index (χ1n) is 3.38. The molecule has 1 unspecified atom stereocenters. The van der Waals surface area contributed by atoms with Crippen molar-refractivity contribution in [2.24, 2.45) is 5.73 Å². The summed E-state index contributed by atoms with van der Waals surface area (Å²) in [6, 6.07) is 0.316. The van der Waals surface area contributed by atoms with E-state index in [0.717, 1.165) is 6.42 Å². The van der Waals surface area contributed by atoms with Crippen LogP contribution in [0.4, 0.5) is 0 Å². The third-order valence-corrected chi connectivity index (χ3v) is 2.23. The highest BCUT2D eigenvalue weighted by Crippen LogP contribution is 1.94. The quantitative estimate of drug-likeness (QED) is 0.528. The van der Waals surface area contributed by atoms with Gasteiger partial charge in [-0.2, -0.15) is 0 Å². The van der Waals surface area contributed by atoms with E-state index in [1.807, 2.05) is 7.05 Å². The van der Waals surface area contributed by atoms with Crippen LogP contribution < -0.4 is 11.1 Å². The van der Waals surface area contributed by atoms with Crippen LogP contribution >= 0.6 is 0 Å². The van der Waals surface area contributed by atoms with Crippen LogP contribution in [0.25, 0.3) is 0 Å². The highest BCUT2D eigenvalue weighted by atomic mass is 32.2. The molecule has 0 aliphatic carbocycles. The van der Waals surface area contributed by atoms with Crippen LogP contribution in [0.2, 0.25) is 0 Å². The van der Waals surface area contributed by atoms with Crippen LogP contribution in [0.3, 0.4) is 0 Å². The van der Waals surface area contributed by atoms with E-state index in [9.17, 15) is 4.55 Å². The summed E-state index contributed by atoms with van der Waals surface area (Å²) in [5, 5.41) is 3.06. The summed E-state index contributed by atoms with van der Waals surface area (Å²) in [6.45, 7) is 0.655. The Morgan fingerprint density at radius 2 is 2.30 bits per heavy atom. The highest BCUT2D eigenvalue weighted by Gasteiger charge is 2.09. The molecule has 10 heavy (non-hydrogen) atoms. The zero-order chi connectivity index (χ0) is 7.98. The Balaban J connectivity index is 3.39. The molecule has 3 nitrogen and oxygen atoms in total. The molecule has 2 atom stereocenters. The molecule has 0 aromatic rings. The fraction of sp³-hybridized carbons (Fsp3) is 1.00. The van der Waals surface area contributed by atoms with Gasteiger partial charge in [0.2, 0.25) is 0 Å². The molecule has 0 spiro atoms. The summed E-state index contributed by atoms with van der Waals surface area (Å²) >= 11 is -0.715. The van der Waals surface area contributed by atoms with Gasteiger partial charge in [0.25, 0.3) is 0 Å². The second-order valence-corrected chi connectivity index (χ2v) is 3.78. The van der Waals surface area contributed by atoms with Crippen molar-refractivity contribution in [1.29, 1.82) is 0 Å². The molecule has 0 aliphatic rings. The number of hydrogen-bond acceptors (Lipinski definition) is 3. The van der Waals surface area contributed by atoms with E-state index in [-0.39, 0.29) is 0 Å². The summed E-state index contributed by atoms with van der Waals surface area (Å²) in [4.78, 5) is 0. The zero-order valence-corrected chi connectivity index (χ0v) is 7.41. The second kappa shape index (κ2) is 5.97. The summed E-state index contributed by atoms with van der Waals surface area (Å²) in [6.07, 6.45) is 2.61.